The van der Waals surface area contributed by atoms with Crippen molar-refractivity contribution in [3.05, 3.63) is 65.6 Å². The summed E-state index contributed by atoms with van der Waals surface area (Å²) in [4.78, 5) is 10.6. The lowest BCUT2D eigenvalue weighted by Gasteiger charge is -2.27. The average Bonchev–Trinajstić information content (AvgIpc) is 3.11. The molecule has 0 saturated carbocycles. The number of benzene rings is 1. The largest absolute Gasteiger partial charge is 0.494 e. The Labute approximate surface area is 156 Å². The molecule has 27 heavy (non-hydrogen) atoms. The molecule has 8 heteroatoms. The fourth-order valence-electron chi connectivity index (χ4n) is 3.23. The van der Waals surface area contributed by atoms with E-state index in [-0.39, 0.29) is 11.6 Å². The van der Waals surface area contributed by atoms with E-state index in [1.165, 1.54) is 18.9 Å². The van der Waals surface area contributed by atoms with E-state index in [4.69, 9.17) is 4.74 Å². The molecule has 1 aliphatic rings. The van der Waals surface area contributed by atoms with Gasteiger partial charge in [0.15, 0.2) is 11.6 Å². The topological polar surface area (TPSA) is 68.1 Å². The first-order valence-electron chi connectivity index (χ1n) is 8.81. The molecule has 0 spiro atoms. The van der Waals surface area contributed by atoms with Crippen LogP contribution in [0.25, 0.3) is 0 Å². The Hall–Kier alpha value is -3.00. The van der Waals surface area contributed by atoms with Crippen LogP contribution in [0.15, 0.2) is 42.9 Å². The van der Waals surface area contributed by atoms with Crippen LogP contribution in [-0.2, 0) is 26.2 Å². The van der Waals surface area contributed by atoms with Crippen LogP contribution in [-0.4, -0.2) is 38.3 Å². The molecule has 0 fully saturated rings. The Morgan fingerprint density at radius 2 is 2.15 bits per heavy atom. The van der Waals surface area contributed by atoms with Crippen molar-refractivity contribution in [2.45, 2.75) is 26.2 Å². The highest BCUT2D eigenvalue weighted by Gasteiger charge is 2.19. The summed E-state index contributed by atoms with van der Waals surface area (Å²) < 4.78 is 20.7. The Kier molecular flexibility index (Phi) is 4.97. The van der Waals surface area contributed by atoms with Gasteiger partial charge in [0.1, 0.15) is 5.82 Å². The number of anilines is 1. The molecule has 0 atom stereocenters. The number of halogens is 1. The van der Waals surface area contributed by atoms with Gasteiger partial charge in [-0.2, -0.15) is 5.10 Å². The fourth-order valence-corrected chi connectivity index (χ4v) is 3.23. The molecule has 1 aromatic carbocycles. The summed E-state index contributed by atoms with van der Waals surface area (Å²) in [6, 6.07) is 7.14. The molecule has 4 rings (SSSR count). The van der Waals surface area contributed by atoms with Gasteiger partial charge in [-0.1, -0.05) is 6.07 Å². The summed E-state index contributed by atoms with van der Waals surface area (Å²) in [5.74, 6) is 0.681. The van der Waals surface area contributed by atoms with Crippen LogP contribution in [0, 0.1) is 5.82 Å². The van der Waals surface area contributed by atoms with Crippen molar-refractivity contribution in [2.75, 3.05) is 19.0 Å². The second-order valence-corrected chi connectivity index (χ2v) is 6.47. The van der Waals surface area contributed by atoms with Gasteiger partial charge in [0.2, 0.25) is 0 Å². The van der Waals surface area contributed by atoms with Crippen molar-refractivity contribution in [3.8, 4) is 5.75 Å². The standard InChI is InChI=1S/C19H21FN6O/c1-27-18-8-14(2-3-17(18)20)12-25-6-7-26-16(13-25)9-15(24-26)10-23-19-11-21-4-5-22-19/h2-5,8-9,11H,6-7,10,12-13H2,1H3,(H,22,23). The van der Waals surface area contributed by atoms with Gasteiger partial charge in [0.25, 0.3) is 0 Å². The zero-order valence-electron chi connectivity index (χ0n) is 15.1. The Morgan fingerprint density at radius 3 is 2.96 bits per heavy atom. The summed E-state index contributed by atoms with van der Waals surface area (Å²) in [6.07, 6.45) is 4.99. The summed E-state index contributed by atoms with van der Waals surface area (Å²) in [6.45, 7) is 3.88. The van der Waals surface area contributed by atoms with Crippen molar-refractivity contribution in [1.29, 1.82) is 0 Å². The van der Waals surface area contributed by atoms with E-state index in [0.717, 1.165) is 43.3 Å². The minimum Gasteiger partial charge on any atom is -0.494 e. The number of rotatable bonds is 6. The Balaban J connectivity index is 1.39. The zero-order chi connectivity index (χ0) is 18.6. The van der Waals surface area contributed by atoms with Crippen LogP contribution in [0.4, 0.5) is 10.2 Å². The predicted molar refractivity (Wildman–Crippen MR) is 98.7 cm³/mol. The third-order valence-electron chi connectivity index (χ3n) is 4.56. The normalized spacial score (nSPS) is 14.0. The number of aromatic nitrogens is 4. The van der Waals surface area contributed by atoms with Crippen molar-refractivity contribution >= 4 is 5.82 Å². The number of methoxy groups -OCH3 is 1. The fraction of sp³-hybridized carbons (Fsp3) is 0.316. The predicted octanol–water partition coefficient (Wildman–Crippen LogP) is 2.45. The number of nitrogens with one attached hydrogen (secondary N) is 1. The van der Waals surface area contributed by atoms with Gasteiger partial charge in [-0.15, -0.1) is 0 Å². The van der Waals surface area contributed by atoms with Gasteiger partial charge in [-0.3, -0.25) is 14.6 Å². The second kappa shape index (κ2) is 7.71. The first-order valence-corrected chi connectivity index (χ1v) is 8.81. The van der Waals surface area contributed by atoms with E-state index in [9.17, 15) is 4.39 Å². The van der Waals surface area contributed by atoms with Gasteiger partial charge in [-0.05, 0) is 23.8 Å². The lowest BCUT2D eigenvalue weighted by molar-refractivity contribution is 0.205. The van der Waals surface area contributed by atoms with Crippen molar-refractivity contribution in [1.82, 2.24) is 24.6 Å². The van der Waals surface area contributed by atoms with Crippen LogP contribution in [0.2, 0.25) is 0 Å². The molecule has 3 aromatic rings. The minimum atomic E-state index is -0.335. The highest BCUT2D eigenvalue weighted by molar-refractivity contribution is 5.31. The quantitative estimate of drug-likeness (QED) is 0.721. The van der Waals surface area contributed by atoms with E-state index >= 15 is 0 Å². The lowest BCUT2D eigenvalue weighted by Crippen LogP contribution is -2.33. The van der Waals surface area contributed by atoms with E-state index in [0.29, 0.717) is 6.54 Å². The van der Waals surface area contributed by atoms with Crippen LogP contribution >= 0.6 is 0 Å². The first kappa shape index (κ1) is 17.4. The van der Waals surface area contributed by atoms with Crippen LogP contribution in [0.1, 0.15) is 17.0 Å². The van der Waals surface area contributed by atoms with Crippen LogP contribution in [0.5, 0.6) is 5.75 Å². The molecule has 0 amide bonds. The van der Waals surface area contributed by atoms with Crippen molar-refractivity contribution < 1.29 is 9.13 Å². The molecule has 3 heterocycles. The molecule has 2 aromatic heterocycles. The maximum atomic E-state index is 13.6. The maximum Gasteiger partial charge on any atom is 0.165 e. The molecule has 0 radical (unpaired) electrons. The number of ether oxygens (including phenoxy) is 1. The highest BCUT2D eigenvalue weighted by Crippen LogP contribution is 2.21. The molecule has 140 valence electrons. The molecule has 1 aliphatic heterocycles. The molecule has 7 nitrogen and oxygen atoms in total. The van der Waals surface area contributed by atoms with E-state index < -0.39 is 0 Å². The zero-order valence-corrected chi connectivity index (χ0v) is 15.1. The molecule has 0 unspecified atom stereocenters. The van der Waals surface area contributed by atoms with Gasteiger partial charge >= 0.3 is 0 Å². The molecular weight excluding hydrogens is 347 g/mol. The van der Waals surface area contributed by atoms with E-state index in [2.05, 4.69) is 36.0 Å². The monoisotopic (exact) mass is 368 g/mol. The third kappa shape index (κ3) is 4.06. The maximum absolute atomic E-state index is 13.6. The summed E-state index contributed by atoms with van der Waals surface area (Å²) >= 11 is 0. The minimum absolute atomic E-state index is 0.284. The Morgan fingerprint density at radius 1 is 1.22 bits per heavy atom. The van der Waals surface area contributed by atoms with Gasteiger partial charge in [0, 0.05) is 32.0 Å². The molecule has 0 bridgehead atoms. The molecular formula is C19H21FN6O. The second-order valence-electron chi connectivity index (χ2n) is 6.47. The molecule has 0 aliphatic carbocycles. The number of nitrogens with zero attached hydrogens (tertiary/aromatic N) is 5. The number of fused-ring (bicyclic) bond motifs is 1. The summed E-state index contributed by atoms with van der Waals surface area (Å²) in [7, 11) is 1.48. The van der Waals surface area contributed by atoms with Crippen LogP contribution in [0.3, 0.4) is 0 Å². The molecule has 0 saturated heterocycles. The van der Waals surface area contributed by atoms with E-state index in [1.54, 1.807) is 30.7 Å². The van der Waals surface area contributed by atoms with E-state index in [1.807, 2.05) is 0 Å². The van der Waals surface area contributed by atoms with Crippen molar-refractivity contribution in [3.63, 3.8) is 0 Å². The molecule has 1 N–H and O–H groups in total. The summed E-state index contributed by atoms with van der Waals surface area (Å²) in [5.41, 5.74) is 3.18. The average molecular weight is 368 g/mol. The number of hydrogen-bond donors (Lipinski definition) is 1. The van der Waals surface area contributed by atoms with Gasteiger partial charge < -0.3 is 10.1 Å². The lowest BCUT2D eigenvalue weighted by atomic mass is 10.1. The smallest absolute Gasteiger partial charge is 0.165 e. The first-order chi connectivity index (χ1) is 13.2. The van der Waals surface area contributed by atoms with Crippen LogP contribution < -0.4 is 10.1 Å². The SMILES string of the molecule is COc1cc(CN2CCn3nc(CNc4cnccn4)cc3C2)ccc1F. The summed E-state index contributed by atoms with van der Waals surface area (Å²) in [5, 5.41) is 7.88. The highest BCUT2D eigenvalue weighted by atomic mass is 19.1. The van der Waals surface area contributed by atoms with Gasteiger partial charge in [-0.25, -0.2) is 9.37 Å². The third-order valence-corrected chi connectivity index (χ3v) is 4.56. The van der Waals surface area contributed by atoms with Gasteiger partial charge in [0.05, 0.1) is 37.8 Å². The Bertz CT molecular complexity index is 914. The van der Waals surface area contributed by atoms with Crippen molar-refractivity contribution in [2.24, 2.45) is 0 Å². The number of hydrogen-bond acceptors (Lipinski definition) is 6.